The second-order valence-electron chi connectivity index (χ2n) is 16.9. The van der Waals surface area contributed by atoms with Gasteiger partial charge in [-0.05, 0) is 92.6 Å². The van der Waals surface area contributed by atoms with Gasteiger partial charge in [0.05, 0.1) is 29.5 Å². The summed E-state index contributed by atoms with van der Waals surface area (Å²) < 4.78 is 48.2. The smallest absolute Gasteiger partial charge is 0.363 e. The Bertz CT molecular complexity index is 2590. The van der Waals surface area contributed by atoms with Crippen LogP contribution >= 0.6 is 0 Å². The molecule has 0 unspecified atom stereocenters. The van der Waals surface area contributed by atoms with Gasteiger partial charge in [-0.25, -0.2) is 9.97 Å². The molecule has 2 atom stereocenters. The van der Waals surface area contributed by atoms with Crippen molar-refractivity contribution in [1.82, 2.24) is 39.3 Å². The minimum atomic E-state index is -4.40. The lowest BCUT2D eigenvalue weighted by Gasteiger charge is -2.37. The van der Waals surface area contributed by atoms with Crippen molar-refractivity contribution in [2.24, 2.45) is 14.1 Å². The van der Waals surface area contributed by atoms with E-state index < -0.39 is 18.4 Å². The van der Waals surface area contributed by atoms with Crippen LogP contribution in [0, 0.1) is 6.92 Å². The van der Waals surface area contributed by atoms with Crippen LogP contribution in [0.3, 0.4) is 0 Å². The number of ether oxygens (including phenoxy) is 1. The molecule has 3 fully saturated rings. The number of pyridine rings is 2. The molecule has 0 amide bonds. The molecule has 11 nitrogen and oxygen atoms in total. The molecule has 0 bridgehead atoms. The fraction of sp³-hybridized carbons (Fsp3) is 0.435. The van der Waals surface area contributed by atoms with Gasteiger partial charge in [-0.15, -0.1) is 0 Å². The van der Waals surface area contributed by atoms with Gasteiger partial charge in [0.15, 0.2) is 17.7 Å². The van der Waals surface area contributed by atoms with Crippen LogP contribution in [0.5, 0.6) is 0 Å². The van der Waals surface area contributed by atoms with Gasteiger partial charge in [0, 0.05) is 93.5 Å². The van der Waals surface area contributed by atoms with Crippen molar-refractivity contribution in [3.63, 3.8) is 0 Å². The molecule has 0 N–H and O–H groups in total. The number of alkyl halides is 3. The summed E-state index contributed by atoms with van der Waals surface area (Å²) in [4.78, 5) is 37.8. The van der Waals surface area contributed by atoms with E-state index >= 15 is 0 Å². The third-order valence-corrected chi connectivity index (χ3v) is 12.3. The predicted octanol–water partition coefficient (Wildman–Crippen LogP) is 8.65. The predicted molar refractivity (Wildman–Crippen MR) is 225 cm³/mol. The van der Waals surface area contributed by atoms with Crippen molar-refractivity contribution in [2.45, 2.75) is 96.8 Å². The number of carbonyl (C=O) groups is 2. The van der Waals surface area contributed by atoms with Crippen LogP contribution in [0.25, 0.3) is 44.1 Å². The average Bonchev–Trinajstić information content (AvgIpc) is 3.71. The monoisotopic (exact) mass is 820 g/mol. The van der Waals surface area contributed by atoms with Crippen molar-refractivity contribution in [3.8, 4) is 22.3 Å². The highest BCUT2D eigenvalue weighted by atomic mass is 19.4. The zero-order valence-corrected chi connectivity index (χ0v) is 35.0. The number of rotatable bonds is 8. The van der Waals surface area contributed by atoms with Gasteiger partial charge >= 0.3 is 6.18 Å². The summed E-state index contributed by atoms with van der Waals surface area (Å²) in [6, 6.07) is 15.9. The number of morpholine rings is 1. The molecule has 2 aromatic carbocycles. The van der Waals surface area contributed by atoms with Gasteiger partial charge < -0.3 is 4.74 Å². The Hall–Kier alpha value is -5.31. The molecule has 9 rings (SSSR count). The van der Waals surface area contributed by atoms with Crippen LogP contribution in [-0.4, -0.2) is 94.5 Å². The minimum Gasteiger partial charge on any atom is -0.363 e. The fourth-order valence-corrected chi connectivity index (χ4v) is 8.83. The maximum Gasteiger partial charge on any atom is 0.415 e. The highest BCUT2D eigenvalue weighted by Gasteiger charge is 2.48. The average molecular weight is 821 g/mol. The third-order valence-electron chi connectivity index (χ3n) is 12.3. The van der Waals surface area contributed by atoms with Crippen LogP contribution in [0.15, 0.2) is 67.1 Å². The molecular weight excluding hydrogens is 770 g/mol. The Labute approximate surface area is 347 Å². The SMILES string of the molecule is CC(=O)c1cc(-c2cnn(C)c2)c2ccc(CN3CCCCC34CC4)cc2n1.CC(=O)c1cc(-c2cnn(C)c2C)c2ccc(CN3C[C@@H](C)O[C@@H](C(F)(F)F)C3)cc2n1. The van der Waals surface area contributed by atoms with Crippen molar-refractivity contribution < 1.29 is 27.5 Å². The van der Waals surface area contributed by atoms with E-state index in [1.807, 2.05) is 57.7 Å². The van der Waals surface area contributed by atoms with Crippen molar-refractivity contribution in [3.05, 3.63) is 95.3 Å². The van der Waals surface area contributed by atoms with Gasteiger partial charge in [0.25, 0.3) is 0 Å². The number of hydrogen-bond acceptors (Lipinski definition) is 9. The van der Waals surface area contributed by atoms with Crippen LogP contribution in [0.4, 0.5) is 13.2 Å². The Balaban J connectivity index is 0.000000167. The summed E-state index contributed by atoms with van der Waals surface area (Å²) in [5, 5.41) is 10.5. The van der Waals surface area contributed by atoms with Gasteiger partial charge in [-0.1, -0.05) is 30.7 Å². The Morgan fingerprint density at radius 2 is 1.43 bits per heavy atom. The molecule has 6 aromatic rings. The molecule has 1 spiro atoms. The molecular formula is C46H51F3N8O3. The van der Waals surface area contributed by atoms with Crippen molar-refractivity contribution in [1.29, 1.82) is 0 Å². The van der Waals surface area contributed by atoms with E-state index in [0.717, 1.165) is 56.3 Å². The molecule has 1 aliphatic carbocycles. The Kier molecular flexibility index (Phi) is 11.2. The lowest BCUT2D eigenvalue weighted by Crippen LogP contribution is -2.51. The highest BCUT2D eigenvalue weighted by molar-refractivity contribution is 6.02. The van der Waals surface area contributed by atoms with Gasteiger partial charge in [0.2, 0.25) is 0 Å². The quantitative estimate of drug-likeness (QED) is 0.139. The first-order chi connectivity index (χ1) is 28.6. The van der Waals surface area contributed by atoms with E-state index in [2.05, 4.69) is 43.3 Å². The Morgan fingerprint density at radius 3 is 2.00 bits per heavy atom. The molecule has 60 heavy (non-hydrogen) atoms. The van der Waals surface area contributed by atoms with E-state index in [-0.39, 0.29) is 18.1 Å². The number of halogens is 3. The van der Waals surface area contributed by atoms with E-state index in [0.29, 0.717) is 35.5 Å². The van der Waals surface area contributed by atoms with Gasteiger partial charge in [0.1, 0.15) is 11.4 Å². The number of ketones is 2. The zero-order chi connectivity index (χ0) is 42.5. The van der Waals surface area contributed by atoms with Crippen LogP contribution in [0.2, 0.25) is 0 Å². The molecule has 1 saturated carbocycles. The summed E-state index contributed by atoms with van der Waals surface area (Å²) in [5.74, 6) is -0.166. The topological polar surface area (TPSA) is 111 Å². The third kappa shape index (κ3) is 8.63. The molecule has 314 valence electrons. The summed E-state index contributed by atoms with van der Waals surface area (Å²) in [6.07, 6.45) is 5.58. The second-order valence-corrected chi connectivity index (χ2v) is 16.9. The van der Waals surface area contributed by atoms with Gasteiger partial charge in [-0.3, -0.25) is 28.8 Å². The normalized spacial score (nSPS) is 19.4. The number of likely N-dealkylation sites (tertiary alicyclic amines) is 1. The maximum atomic E-state index is 13.2. The van der Waals surface area contributed by atoms with E-state index in [1.54, 1.807) is 40.4 Å². The first-order valence-electron chi connectivity index (χ1n) is 20.6. The van der Waals surface area contributed by atoms with E-state index in [4.69, 9.17) is 4.74 Å². The first kappa shape index (κ1) is 41.4. The lowest BCUT2D eigenvalue weighted by molar-refractivity contribution is -0.252. The number of hydrogen-bond donors (Lipinski definition) is 0. The zero-order valence-electron chi connectivity index (χ0n) is 35.0. The first-order valence-corrected chi connectivity index (χ1v) is 20.6. The highest BCUT2D eigenvalue weighted by Crippen LogP contribution is 2.49. The van der Waals surface area contributed by atoms with E-state index in [1.165, 1.54) is 51.1 Å². The minimum absolute atomic E-state index is 0.00888. The summed E-state index contributed by atoms with van der Waals surface area (Å²) in [6.45, 7) is 9.34. The van der Waals surface area contributed by atoms with Gasteiger partial charge in [-0.2, -0.15) is 23.4 Å². The molecule has 3 aliphatic rings. The number of fused-ring (bicyclic) bond motifs is 2. The van der Waals surface area contributed by atoms with Crippen LogP contribution < -0.4 is 0 Å². The van der Waals surface area contributed by atoms with E-state index in [9.17, 15) is 22.8 Å². The largest absolute Gasteiger partial charge is 0.415 e. The summed E-state index contributed by atoms with van der Waals surface area (Å²) in [7, 11) is 3.76. The van der Waals surface area contributed by atoms with Crippen molar-refractivity contribution in [2.75, 3.05) is 19.6 Å². The number of aromatic nitrogens is 6. The molecule has 14 heteroatoms. The standard InChI is InChI=1S/C23H25F3N4O2.C23H26N4O/c1-13-10-30(12-22(32-13)23(24,25)26)11-16-5-6-17-18(19-9-27-29(4)14(19)2)8-20(15(3)31)28-21(17)7-16;1-16(28)21-12-20(18-13-24-26(2)15-18)19-6-5-17(11-22(19)25-21)14-27-10-4-3-7-23(27)8-9-23/h5-9,13,22H,10-12H2,1-4H3;5-6,11-13,15H,3-4,7-10,14H2,1-2H3/t13-,22-;/m1./s1. The molecule has 2 aliphatic heterocycles. The maximum absolute atomic E-state index is 13.2. The van der Waals surface area contributed by atoms with Crippen molar-refractivity contribution >= 4 is 33.4 Å². The number of benzene rings is 2. The summed E-state index contributed by atoms with van der Waals surface area (Å²) in [5.41, 5.74) is 9.71. The van der Waals surface area contributed by atoms with Crippen LogP contribution in [-0.2, 0) is 31.9 Å². The summed E-state index contributed by atoms with van der Waals surface area (Å²) >= 11 is 0. The number of carbonyl (C=O) groups excluding carboxylic acids is 2. The number of Topliss-reactive ketones (excluding diaryl/α,β-unsaturated/α-hetero) is 2. The Morgan fingerprint density at radius 1 is 0.800 bits per heavy atom. The molecule has 2 saturated heterocycles. The molecule has 6 heterocycles. The number of piperidine rings is 1. The lowest BCUT2D eigenvalue weighted by atomic mass is 9.97. The molecule has 0 radical (unpaired) electrons. The number of nitrogens with zero attached hydrogens (tertiary/aromatic N) is 8. The number of aryl methyl sites for hydroxylation is 2. The van der Waals surface area contributed by atoms with Crippen LogP contribution in [0.1, 0.15) is 90.7 Å². The second kappa shape index (κ2) is 16.3. The fourth-order valence-electron chi connectivity index (χ4n) is 8.83. The molecule has 4 aromatic heterocycles.